The topological polar surface area (TPSA) is 98.7 Å². The van der Waals surface area contributed by atoms with Crippen molar-refractivity contribution in [3.63, 3.8) is 0 Å². The average Bonchev–Trinajstić information content (AvgIpc) is 2.50. The Hall–Kier alpha value is -1.70. The molecular weight excluding hydrogens is 322 g/mol. The van der Waals surface area contributed by atoms with Crippen molar-refractivity contribution in [2.45, 2.75) is 39.0 Å². The third kappa shape index (κ3) is 6.52. The lowest BCUT2D eigenvalue weighted by atomic mass is 10.1. The number of halogens is 1. The maximum absolute atomic E-state index is 12.4. The highest BCUT2D eigenvalue weighted by Gasteiger charge is 2.21. The fraction of sp³-hybridized carbons (Fsp3) is 0.533. The second-order valence-electron chi connectivity index (χ2n) is 5.34. The number of benzene rings is 1. The lowest BCUT2D eigenvalue weighted by molar-refractivity contribution is -0.384. The summed E-state index contributed by atoms with van der Waals surface area (Å²) in [4.78, 5) is 24.3. The highest BCUT2D eigenvalue weighted by atomic mass is 35.5. The monoisotopic (exact) mass is 345 g/mol. The van der Waals surface area contributed by atoms with Crippen LogP contribution in [0, 0.1) is 10.1 Å². The minimum atomic E-state index is -0.445. The highest BCUT2D eigenvalue weighted by molar-refractivity contribution is 5.85. The van der Waals surface area contributed by atoms with Crippen LogP contribution in [0.1, 0.15) is 25.8 Å². The average molecular weight is 346 g/mol. The van der Waals surface area contributed by atoms with E-state index < -0.39 is 4.92 Å². The standard InChI is InChI=1S/C15H23N3O4.ClH/c1-11(2)17(15(19)8-14(9-16)22-3)10-12-4-6-13(7-5-12)18(20)21;/h4-7,11,14H,8-10,16H2,1-3H3;1H. The number of methoxy groups -OCH3 is 1. The number of carbonyl (C=O) groups is 1. The molecule has 0 aliphatic rings. The Morgan fingerprint density at radius 2 is 1.91 bits per heavy atom. The maximum Gasteiger partial charge on any atom is 0.269 e. The number of nitrogens with zero attached hydrogens (tertiary/aromatic N) is 2. The number of nitro benzene ring substituents is 1. The number of amides is 1. The van der Waals surface area contributed by atoms with Gasteiger partial charge in [0.05, 0.1) is 17.4 Å². The molecule has 1 amide bonds. The summed E-state index contributed by atoms with van der Waals surface area (Å²) in [5.41, 5.74) is 6.42. The molecule has 1 unspecified atom stereocenters. The molecule has 1 aromatic carbocycles. The minimum absolute atomic E-state index is 0. The van der Waals surface area contributed by atoms with Gasteiger partial charge in [-0.25, -0.2) is 0 Å². The fourth-order valence-electron chi connectivity index (χ4n) is 2.05. The van der Waals surface area contributed by atoms with Crippen LogP contribution >= 0.6 is 12.4 Å². The summed E-state index contributed by atoms with van der Waals surface area (Å²) < 4.78 is 5.14. The number of non-ortho nitro benzene ring substituents is 1. The van der Waals surface area contributed by atoms with Gasteiger partial charge < -0.3 is 15.4 Å². The summed E-state index contributed by atoms with van der Waals surface area (Å²) in [6, 6.07) is 6.22. The highest BCUT2D eigenvalue weighted by Crippen LogP contribution is 2.16. The zero-order chi connectivity index (χ0) is 16.7. The SMILES string of the molecule is COC(CN)CC(=O)N(Cc1ccc([N+](=O)[O-])cc1)C(C)C.Cl. The van der Waals surface area contributed by atoms with Gasteiger partial charge in [0.1, 0.15) is 0 Å². The molecule has 0 heterocycles. The number of ether oxygens (including phenoxy) is 1. The van der Waals surface area contributed by atoms with Gasteiger partial charge in [0.2, 0.25) is 5.91 Å². The van der Waals surface area contributed by atoms with Gasteiger partial charge in [-0.15, -0.1) is 12.4 Å². The molecule has 2 N–H and O–H groups in total. The van der Waals surface area contributed by atoms with E-state index in [4.69, 9.17) is 10.5 Å². The van der Waals surface area contributed by atoms with Crippen molar-refractivity contribution in [1.29, 1.82) is 0 Å². The molecule has 1 atom stereocenters. The first-order valence-corrected chi connectivity index (χ1v) is 7.14. The van der Waals surface area contributed by atoms with Gasteiger partial charge in [-0.05, 0) is 19.4 Å². The first kappa shape index (κ1) is 21.3. The normalized spacial score (nSPS) is 11.7. The molecule has 0 bridgehead atoms. The summed E-state index contributed by atoms with van der Waals surface area (Å²) in [6.45, 7) is 4.53. The lowest BCUT2D eigenvalue weighted by Gasteiger charge is -2.28. The fourth-order valence-corrected chi connectivity index (χ4v) is 2.05. The Morgan fingerprint density at radius 1 is 1.35 bits per heavy atom. The number of rotatable bonds is 8. The second-order valence-corrected chi connectivity index (χ2v) is 5.34. The Bertz CT molecular complexity index is 504. The zero-order valence-electron chi connectivity index (χ0n) is 13.6. The number of hydrogen-bond acceptors (Lipinski definition) is 5. The molecule has 0 aromatic heterocycles. The first-order valence-electron chi connectivity index (χ1n) is 7.14. The van der Waals surface area contributed by atoms with Gasteiger partial charge in [-0.3, -0.25) is 14.9 Å². The van der Waals surface area contributed by atoms with E-state index in [1.165, 1.54) is 19.2 Å². The molecule has 130 valence electrons. The van der Waals surface area contributed by atoms with Gasteiger partial charge in [0.15, 0.2) is 0 Å². The van der Waals surface area contributed by atoms with Gasteiger partial charge in [0, 0.05) is 38.4 Å². The van der Waals surface area contributed by atoms with Crippen LogP contribution in [0.4, 0.5) is 5.69 Å². The molecule has 23 heavy (non-hydrogen) atoms. The summed E-state index contributed by atoms with van der Waals surface area (Å²) in [5.74, 6) is -0.0503. The van der Waals surface area contributed by atoms with Crippen LogP contribution < -0.4 is 5.73 Å². The molecule has 0 saturated carbocycles. The Morgan fingerprint density at radius 3 is 2.30 bits per heavy atom. The molecule has 0 aliphatic heterocycles. The first-order chi connectivity index (χ1) is 10.4. The quantitative estimate of drug-likeness (QED) is 0.574. The molecule has 8 heteroatoms. The van der Waals surface area contributed by atoms with Crippen molar-refractivity contribution < 1.29 is 14.5 Å². The van der Waals surface area contributed by atoms with Crippen LogP contribution in [-0.2, 0) is 16.1 Å². The van der Waals surface area contributed by atoms with Crippen molar-refractivity contribution >= 4 is 24.0 Å². The van der Waals surface area contributed by atoms with Crippen molar-refractivity contribution in [2.75, 3.05) is 13.7 Å². The molecule has 0 spiro atoms. The molecule has 0 aliphatic carbocycles. The number of nitro groups is 1. The predicted octanol–water partition coefficient (Wildman–Crippen LogP) is 2.12. The van der Waals surface area contributed by atoms with Crippen molar-refractivity contribution in [3.8, 4) is 0 Å². The molecular formula is C15H24ClN3O4. The number of hydrogen-bond donors (Lipinski definition) is 1. The van der Waals surface area contributed by atoms with E-state index in [-0.39, 0.29) is 49.1 Å². The smallest absolute Gasteiger partial charge is 0.269 e. The second kappa shape index (κ2) is 10.1. The van der Waals surface area contributed by atoms with Crippen LogP contribution in [0.2, 0.25) is 0 Å². The van der Waals surface area contributed by atoms with E-state index in [2.05, 4.69) is 0 Å². The summed E-state index contributed by atoms with van der Waals surface area (Å²) in [6.07, 6.45) is -0.0800. The van der Waals surface area contributed by atoms with E-state index in [1.54, 1.807) is 17.0 Å². The maximum atomic E-state index is 12.4. The van der Waals surface area contributed by atoms with Crippen molar-refractivity contribution in [1.82, 2.24) is 4.90 Å². The van der Waals surface area contributed by atoms with Gasteiger partial charge >= 0.3 is 0 Å². The van der Waals surface area contributed by atoms with Crippen molar-refractivity contribution in [3.05, 3.63) is 39.9 Å². The van der Waals surface area contributed by atoms with E-state index in [9.17, 15) is 14.9 Å². The molecule has 0 fully saturated rings. The van der Waals surface area contributed by atoms with E-state index in [0.717, 1.165) is 5.56 Å². The third-order valence-corrected chi connectivity index (χ3v) is 3.44. The van der Waals surface area contributed by atoms with Crippen LogP contribution in [0.15, 0.2) is 24.3 Å². The molecule has 0 radical (unpaired) electrons. The lowest BCUT2D eigenvalue weighted by Crippen LogP contribution is -2.39. The summed E-state index contributed by atoms with van der Waals surface area (Å²) in [5, 5.41) is 10.7. The number of carbonyl (C=O) groups excluding carboxylic acids is 1. The van der Waals surface area contributed by atoms with Gasteiger partial charge in [-0.2, -0.15) is 0 Å². The molecule has 0 saturated heterocycles. The molecule has 7 nitrogen and oxygen atoms in total. The molecule has 1 rings (SSSR count). The Kier molecular flexibility index (Phi) is 9.40. The van der Waals surface area contributed by atoms with Crippen LogP contribution in [0.25, 0.3) is 0 Å². The largest absolute Gasteiger partial charge is 0.380 e. The van der Waals surface area contributed by atoms with Gasteiger partial charge in [-0.1, -0.05) is 12.1 Å². The predicted molar refractivity (Wildman–Crippen MR) is 90.5 cm³/mol. The zero-order valence-corrected chi connectivity index (χ0v) is 14.4. The minimum Gasteiger partial charge on any atom is -0.380 e. The Balaban J connectivity index is 0.00000484. The van der Waals surface area contributed by atoms with Gasteiger partial charge in [0.25, 0.3) is 5.69 Å². The summed E-state index contributed by atoms with van der Waals surface area (Å²) in [7, 11) is 1.53. The van der Waals surface area contributed by atoms with Crippen molar-refractivity contribution in [2.24, 2.45) is 5.73 Å². The van der Waals surface area contributed by atoms with E-state index in [0.29, 0.717) is 6.54 Å². The van der Waals surface area contributed by atoms with E-state index >= 15 is 0 Å². The van der Waals surface area contributed by atoms with Crippen LogP contribution in [0.5, 0.6) is 0 Å². The van der Waals surface area contributed by atoms with Crippen LogP contribution in [-0.4, -0.2) is 41.5 Å². The van der Waals surface area contributed by atoms with E-state index in [1.807, 2.05) is 13.8 Å². The summed E-state index contributed by atoms with van der Waals surface area (Å²) >= 11 is 0. The molecule has 1 aromatic rings. The number of nitrogens with two attached hydrogens (primary N) is 1. The third-order valence-electron chi connectivity index (χ3n) is 3.44. The van der Waals surface area contributed by atoms with Crippen LogP contribution in [0.3, 0.4) is 0 Å². The Labute approximate surface area is 142 Å².